The summed E-state index contributed by atoms with van der Waals surface area (Å²) in [5.74, 6) is 0.208. The van der Waals surface area contributed by atoms with Gasteiger partial charge in [-0.25, -0.2) is 4.39 Å². The first-order valence-corrected chi connectivity index (χ1v) is 6.77. The van der Waals surface area contributed by atoms with Crippen molar-refractivity contribution < 1.29 is 4.39 Å². The number of halogens is 2. The Balaban J connectivity index is 2.14. The van der Waals surface area contributed by atoms with Crippen LogP contribution < -0.4 is 0 Å². The van der Waals surface area contributed by atoms with Gasteiger partial charge in [-0.2, -0.15) is 0 Å². The third-order valence-corrected chi connectivity index (χ3v) is 3.63. The van der Waals surface area contributed by atoms with Crippen molar-refractivity contribution in [1.29, 1.82) is 0 Å². The Bertz CT molecular complexity index is 450. The van der Waals surface area contributed by atoms with Gasteiger partial charge in [0, 0.05) is 5.33 Å². The second-order valence-electron chi connectivity index (χ2n) is 4.09. The summed E-state index contributed by atoms with van der Waals surface area (Å²) in [7, 11) is 0. The lowest BCUT2D eigenvalue weighted by Gasteiger charge is -2.14. The Morgan fingerprint density at radius 1 is 0.941 bits per heavy atom. The van der Waals surface area contributed by atoms with Crippen LogP contribution in [-0.4, -0.2) is 5.33 Å². The number of benzene rings is 2. The third-order valence-electron chi connectivity index (χ3n) is 2.85. The van der Waals surface area contributed by atoms with E-state index in [0.717, 1.165) is 11.8 Å². The van der Waals surface area contributed by atoms with Crippen molar-refractivity contribution >= 4 is 15.9 Å². The highest BCUT2D eigenvalue weighted by molar-refractivity contribution is 9.09. The number of hydrogen-bond donors (Lipinski definition) is 0. The van der Waals surface area contributed by atoms with Gasteiger partial charge in [-0.1, -0.05) is 58.4 Å². The maximum atomic E-state index is 12.9. The van der Waals surface area contributed by atoms with Crippen molar-refractivity contribution in [2.24, 2.45) is 0 Å². The van der Waals surface area contributed by atoms with Crippen LogP contribution in [0.4, 0.5) is 4.39 Å². The van der Waals surface area contributed by atoms with Crippen molar-refractivity contribution in [2.45, 2.75) is 12.3 Å². The Labute approximate surface area is 110 Å². The van der Waals surface area contributed by atoms with E-state index in [1.807, 2.05) is 30.3 Å². The van der Waals surface area contributed by atoms with Crippen LogP contribution in [0, 0.1) is 5.82 Å². The van der Waals surface area contributed by atoms with Gasteiger partial charge in [0.2, 0.25) is 0 Å². The summed E-state index contributed by atoms with van der Waals surface area (Å²) < 4.78 is 12.9. The van der Waals surface area contributed by atoms with Gasteiger partial charge in [-0.15, -0.1) is 0 Å². The lowest BCUT2D eigenvalue weighted by atomic mass is 9.94. The minimum absolute atomic E-state index is 0.179. The summed E-state index contributed by atoms with van der Waals surface area (Å²) in [6, 6.07) is 17.1. The van der Waals surface area contributed by atoms with E-state index in [1.54, 1.807) is 0 Å². The molecule has 0 fully saturated rings. The van der Waals surface area contributed by atoms with E-state index in [4.69, 9.17) is 0 Å². The molecule has 0 spiro atoms. The van der Waals surface area contributed by atoms with Crippen molar-refractivity contribution in [1.82, 2.24) is 0 Å². The van der Waals surface area contributed by atoms with E-state index in [2.05, 4.69) is 28.1 Å². The number of rotatable bonds is 4. The lowest BCUT2D eigenvalue weighted by molar-refractivity contribution is 0.625. The molecular formula is C15H14BrF. The van der Waals surface area contributed by atoms with Gasteiger partial charge in [0.15, 0.2) is 0 Å². The third kappa shape index (κ3) is 3.40. The van der Waals surface area contributed by atoms with E-state index in [9.17, 15) is 4.39 Å². The molecule has 0 saturated heterocycles. The highest BCUT2D eigenvalue weighted by Gasteiger charge is 2.10. The molecule has 2 aromatic rings. The fourth-order valence-electron chi connectivity index (χ4n) is 1.90. The highest BCUT2D eigenvalue weighted by atomic mass is 79.9. The van der Waals surface area contributed by atoms with Crippen LogP contribution in [0.2, 0.25) is 0 Å². The summed E-state index contributed by atoms with van der Waals surface area (Å²) >= 11 is 3.53. The van der Waals surface area contributed by atoms with Crippen LogP contribution in [0.3, 0.4) is 0 Å². The van der Waals surface area contributed by atoms with Crippen LogP contribution >= 0.6 is 15.9 Å². The molecule has 0 aliphatic heterocycles. The SMILES string of the molecule is Fc1ccc(C(CBr)Cc2ccccc2)cc1. The Kier molecular flexibility index (Phi) is 4.32. The smallest absolute Gasteiger partial charge is 0.123 e. The molecule has 0 aromatic heterocycles. The molecule has 0 radical (unpaired) electrons. The Hall–Kier alpha value is -1.15. The predicted octanol–water partition coefficient (Wildman–Crippen LogP) is 4.55. The molecule has 0 nitrogen and oxygen atoms in total. The van der Waals surface area contributed by atoms with Crippen LogP contribution in [0.1, 0.15) is 17.0 Å². The van der Waals surface area contributed by atoms with Crippen molar-refractivity contribution in [3.8, 4) is 0 Å². The maximum Gasteiger partial charge on any atom is 0.123 e. The largest absolute Gasteiger partial charge is 0.207 e. The average Bonchev–Trinajstić information content (AvgIpc) is 2.38. The second kappa shape index (κ2) is 5.97. The molecule has 0 N–H and O–H groups in total. The first-order valence-electron chi connectivity index (χ1n) is 5.65. The molecular weight excluding hydrogens is 279 g/mol. The molecule has 88 valence electrons. The van der Waals surface area contributed by atoms with Crippen molar-refractivity contribution in [3.05, 3.63) is 71.5 Å². The normalized spacial score (nSPS) is 12.4. The van der Waals surface area contributed by atoms with Gasteiger partial charge < -0.3 is 0 Å². The molecule has 0 bridgehead atoms. The predicted molar refractivity (Wildman–Crippen MR) is 73.1 cm³/mol. The summed E-state index contributed by atoms with van der Waals surface area (Å²) in [6.07, 6.45) is 0.970. The molecule has 2 rings (SSSR count). The first-order chi connectivity index (χ1) is 8.29. The van der Waals surface area contributed by atoms with E-state index in [-0.39, 0.29) is 5.82 Å². The van der Waals surface area contributed by atoms with Crippen molar-refractivity contribution in [3.63, 3.8) is 0 Å². The fraction of sp³-hybridized carbons (Fsp3) is 0.200. The molecule has 2 aromatic carbocycles. The van der Waals surface area contributed by atoms with Gasteiger partial charge in [-0.3, -0.25) is 0 Å². The summed E-state index contributed by atoms with van der Waals surface area (Å²) in [5, 5.41) is 0.882. The number of hydrogen-bond acceptors (Lipinski definition) is 0. The molecule has 0 aliphatic carbocycles. The standard InChI is InChI=1S/C15H14BrF/c16-11-14(10-12-4-2-1-3-5-12)13-6-8-15(17)9-7-13/h1-9,14H,10-11H2. The second-order valence-corrected chi connectivity index (χ2v) is 4.74. The first kappa shape index (κ1) is 12.3. The monoisotopic (exact) mass is 292 g/mol. The minimum atomic E-state index is -0.179. The van der Waals surface area contributed by atoms with Crippen LogP contribution in [0.5, 0.6) is 0 Å². The van der Waals surface area contributed by atoms with Crippen LogP contribution in [-0.2, 0) is 6.42 Å². The molecule has 0 amide bonds. The van der Waals surface area contributed by atoms with E-state index < -0.39 is 0 Å². The van der Waals surface area contributed by atoms with Gasteiger partial charge in [0.1, 0.15) is 5.82 Å². The summed E-state index contributed by atoms with van der Waals surface area (Å²) in [5.41, 5.74) is 2.48. The Morgan fingerprint density at radius 2 is 1.59 bits per heavy atom. The van der Waals surface area contributed by atoms with E-state index >= 15 is 0 Å². The van der Waals surface area contributed by atoms with E-state index in [0.29, 0.717) is 5.92 Å². The zero-order valence-corrected chi connectivity index (χ0v) is 11.0. The molecule has 17 heavy (non-hydrogen) atoms. The van der Waals surface area contributed by atoms with E-state index in [1.165, 1.54) is 23.3 Å². The summed E-state index contributed by atoms with van der Waals surface area (Å²) in [6.45, 7) is 0. The molecule has 1 atom stereocenters. The van der Waals surface area contributed by atoms with Gasteiger partial charge in [0.05, 0.1) is 0 Å². The summed E-state index contributed by atoms with van der Waals surface area (Å²) in [4.78, 5) is 0. The maximum absolute atomic E-state index is 12.9. The molecule has 0 saturated carbocycles. The zero-order valence-electron chi connectivity index (χ0n) is 9.44. The topological polar surface area (TPSA) is 0 Å². The van der Waals surface area contributed by atoms with Crippen molar-refractivity contribution in [2.75, 3.05) is 5.33 Å². The quantitative estimate of drug-likeness (QED) is 0.726. The molecule has 2 heteroatoms. The van der Waals surface area contributed by atoms with Gasteiger partial charge in [0.25, 0.3) is 0 Å². The minimum Gasteiger partial charge on any atom is -0.207 e. The van der Waals surface area contributed by atoms with Gasteiger partial charge in [-0.05, 0) is 35.6 Å². The fourth-order valence-corrected chi connectivity index (χ4v) is 2.50. The highest BCUT2D eigenvalue weighted by Crippen LogP contribution is 2.23. The molecule has 1 unspecified atom stereocenters. The number of alkyl halides is 1. The zero-order chi connectivity index (χ0) is 12.1. The van der Waals surface area contributed by atoms with Crippen LogP contribution in [0.25, 0.3) is 0 Å². The van der Waals surface area contributed by atoms with Crippen LogP contribution in [0.15, 0.2) is 54.6 Å². The van der Waals surface area contributed by atoms with Gasteiger partial charge >= 0.3 is 0 Å². The molecule has 0 heterocycles. The average molecular weight is 293 g/mol. The molecule has 0 aliphatic rings. The Morgan fingerprint density at radius 3 is 2.18 bits per heavy atom. The lowest BCUT2D eigenvalue weighted by Crippen LogP contribution is -2.04.